The average Bonchev–Trinajstić information content (AvgIpc) is 2.86. The van der Waals surface area contributed by atoms with Gasteiger partial charge in [-0.05, 0) is 35.6 Å². The van der Waals surface area contributed by atoms with Gasteiger partial charge < -0.3 is 31.3 Å². The van der Waals surface area contributed by atoms with Crippen molar-refractivity contribution in [2.75, 3.05) is 0 Å². The molecule has 2 aromatic rings. The maximum atomic E-state index is 13.7. The van der Waals surface area contributed by atoms with Crippen molar-refractivity contribution >= 4 is 29.0 Å². The number of rotatable bonds is 3. The number of phenolic OH excluding ortho intramolecular Hbond substituents is 1. The number of hydrogen-bond donors (Lipinski definition) is 6. The third-order valence-corrected chi connectivity index (χ3v) is 8.08. The smallest absolute Gasteiger partial charge is 0.255 e. The number of primary amides is 1. The monoisotopic (exact) mass is 519 g/mol. The fraction of sp³-hybridized carbons (Fsp3) is 0.286. The van der Waals surface area contributed by atoms with Crippen molar-refractivity contribution < 1.29 is 44.7 Å². The molecule has 0 radical (unpaired) electrons. The number of ketones is 3. The lowest BCUT2D eigenvalue weighted by Gasteiger charge is -2.50. The molecule has 3 aliphatic rings. The van der Waals surface area contributed by atoms with Crippen molar-refractivity contribution in [3.63, 3.8) is 0 Å². The number of phenols is 1. The summed E-state index contributed by atoms with van der Waals surface area (Å²) >= 11 is 0. The first-order valence-electron chi connectivity index (χ1n) is 11.9. The van der Waals surface area contributed by atoms with E-state index in [0.717, 1.165) is 0 Å². The Balaban J connectivity index is 1.76. The van der Waals surface area contributed by atoms with Gasteiger partial charge in [0.15, 0.2) is 17.2 Å². The summed E-state index contributed by atoms with van der Waals surface area (Å²) in [4.78, 5) is 49.8. The number of carbonyl (C=O) groups excluding carboxylic acids is 4. The van der Waals surface area contributed by atoms with Crippen LogP contribution in [0.1, 0.15) is 47.7 Å². The number of benzene rings is 2. The molecule has 7 N–H and O–H groups in total. The van der Waals surface area contributed by atoms with Crippen molar-refractivity contribution in [2.45, 2.75) is 37.9 Å². The number of aliphatic hydroxyl groups excluding tert-OH is 3. The van der Waals surface area contributed by atoms with Gasteiger partial charge >= 0.3 is 0 Å². The van der Waals surface area contributed by atoms with E-state index >= 15 is 0 Å². The third kappa shape index (κ3) is 3.20. The van der Waals surface area contributed by atoms with E-state index in [2.05, 4.69) is 0 Å². The number of aromatic hydroxyl groups is 1. The Morgan fingerprint density at radius 3 is 2.24 bits per heavy atom. The lowest BCUT2D eigenvalue weighted by molar-refractivity contribution is -0.160. The van der Waals surface area contributed by atoms with Gasteiger partial charge in [-0.1, -0.05) is 37.3 Å². The maximum Gasteiger partial charge on any atom is 0.255 e. The van der Waals surface area contributed by atoms with Crippen LogP contribution in [0.4, 0.5) is 0 Å². The summed E-state index contributed by atoms with van der Waals surface area (Å²) in [5, 5.41) is 55.6. The van der Waals surface area contributed by atoms with Gasteiger partial charge in [-0.15, -0.1) is 0 Å². The zero-order chi connectivity index (χ0) is 27.8. The van der Waals surface area contributed by atoms with Crippen molar-refractivity contribution in [3.05, 3.63) is 70.0 Å². The second-order valence-corrected chi connectivity index (χ2v) is 10.0. The van der Waals surface area contributed by atoms with Crippen LogP contribution in [0.3, 0.4) is 0 Å². The Hall–Kier alpha value is -4.28. The zero-order valence-corrected chi connectivity index (χ0v) is 20.4. The van der Waals surface area contributed by atoms with E-state index in [1.165, 1.54) is 13.0 Å². The third-order valence-electron chi connectivity index (χ3n) is 8.08. The molecule has 10 heteroatoms. The Bertz CT molecular complexity index is 1520. The van der Waals surface area contributed by atoms with Gasteiger partial charge in [-0.3, -0.25) is 19.2 Å². The molecule has 1 saturated carbocycles. The van der Waals surface area contributed by atoms with Crippen LogP contribution in [0.15, 0.2) is 53.3 Å². The van der Waals surface area contributed by atoms with E-state index in [9.17, 15) is 44.7 Å². The lowest BCUT2D eigenvalue weighted by Crippen LogP contribution is -2.63. The Morgan fingerprint density at radius 1 is 1.03 bits per heavy atom. The lowest BCUT2D eigenvalue weighted by atomic mass is 9.55. The van der Waals surface area contributed by atoms with E-state index in [4.69, 9.17) is 5.73 Å². The number of hydrogen-bond acceptors (Lipinski definition) is 9. The van der Waals surface area contributed by atoms with Crippen LogP contribution in [0.25, 0.3) is 16.9 Å². The molecular formula is C28H25NO9. The minimum absolute atomic E-state index is 0.0926. The standard InChI is InChI=1S/C28H25NO9/c1-10-18-14(13-5-3-12(4-6-13)11(2)30)7-8-16(31)20(18)24(34)22-19(10)23(33)15-9-17(32)21(27(29)37)25(35)28(15,38)26(22)36/h3-8,10,15,19,23,31,33-35,38H,9H2,1-2H3,(H2,29,37)/t10-,15+,19+,23+,28+/m0/s1. The van der Waals surface area contributed by atoms with Crippen LogP contribution in [0.2, 0.25) is 0 Å². The summed E-state index contributed by atoms with van der Waals surface area (Å²) < 4.78 is 0. The van der Waals surface area contributed by atoms with E-state index in [0.29, 0.717) is 22.3 Å². The molecule has 38 heavy (non-hydrogen) atoms. The summed E-state index contributed by atoms with van der Waals surface area (Å²) in [5.74, 6) is -9.33. The molecule has 0 saturated heterocycles. The largest absolute Gasteiger partial charge is 0.508 e. The van der Waals surface area contributed by atoms with Gasteiger partial charge in [0.2, 0.25) is 5.78 Å². The van der Waals surface area contributed by atoms with Gasteiger partial charge in [0.05, 0.1) is 11.7 Å². The zero-order valence-electron chi connectivity index (χ0n) is 20.4. The number of Topliss-reactive ketones (excluding diaryl/α,β-unsaturated/α-hetero) is 3. The van der Waals surface area contributed by atoms with Crippen LogP contribution >= 0.6 is 0 Å². The summed E-state index contributed by atoms with van der Waals surface area (Å²) in [6.45, 7) is 3.10. The number of carbonyl (C=O) groups is 4. The van der Waals surface area contributed by atoms with Crippen LogP contribution in [-0.4, -0.2) is 60.5 Å². The number of aliphatic hydroxyl groups is 4. The first kappa shape index (κ1) is 25.4. The Morgan fingerprint density at radius 2 is 1.66 bits per heavy atom. The average molecular weight is 520 g/mol. The highest BCUT2D eigenvalue weighted by molar-refractivity contribution is 6.23. The molecule has 10 nitrogen and oxygen atoms in total. The molecule has 5 atom stereocenters. The fourth-order valence-corrected chi connectivity index (χ4v) is 6.21. The fourth-order valence-electron chi connectivity index (χ4n) is 6.21. The Kier molecular flexibility index (Phi) is 5.59. The van der Waals surface area contributed by atoms with Crippen molar-refractivity contribution in [2.24, 2.45) is 17.6 Å². The molecule has 1 amide bonds. The molecule has 0 heterocycles. The minimum atomic E-state index is -2.88. The highest BCUT2D eigenvalue weighted by Crippen LogP contribution is 2.57. The molecule has 3 aliphatic carbocycles. The van der Waals surface area contributed by atoms with Gasteiger partial charge in [0.1, 0.15) is 22.8 Å². The van der Waals surface area contributed by atoms with Crippen LogP contribution < -0.4 is 5.73 Å². The van der Waals surface area contributed by atoms with Crippen LogP contribution in [0, 0.1) is 11.8 Å². The molecule has 0 aliphatic heterocycles. The molecule has 0 spiro atoms. The van der Waals surface area contributed by atoms with Crippen molar-refractivity contribution in [1.82, 2.24) is 0 Å². The Labute approximate surface area is 216 Å². The number of fused-ring (bicyclic) bond motifs is 3. The van der Waals surface area contributed by atoms with Gasteiger partial charge in [-0.2, -0.15) is 0 Å². The number of nitrogens with two attached hydrogens (primary N) is 1. The predicted octanol–water partition coefficient (Wildman–Crippen LogP) is 1.83. The second kappa shape index (κ2) is 8.37. The van der Waals surface area contributed by atoms with E-state index in [-0.39, 0.29) is 17.1 Å². The molecule has 1 fully saturated rings. The molecule has 5 rings (SSSR count). The highest BCUT2D eigenvalue weighted by Gasteiger charge is 2.65. The first-order valence-corrected chi connectivity index (χ1v) is 11.9. The predicted molar refractivity (Wildman–Crippen MR) is 133 cm³/mol. The number of amides is 1. The topological polar surface area (TPSA) is 195 Å². The summed E-state index contributed by atoms with van der Waals surface area (Å²) in [6, 6.07) is 9.58. The van der Waals surface area contributed by atoms with Crippen molar-refractivity contribution in [3.8, 4) is 16.9 Å². The summed E-state index contributed by atoms with van der Waals surface area (Å²) in [7, 11) is 0. The van der Waals surface area contributed by atoms with Gasteiger partial charge in [0.25, 0.3) is 5.91 Å². The highest BCUT2D eigenvalue weighted by atomic mass is 16.4. The maximum absolute atomic E-state index is 13.7. The van der Waals surface area contributed by atoms with Crippen LogP contribution in [-0.2, 0) is 14.4 Å². The molecular weight excluding hydrogens is 494 g/mol. The second-order valence-electron chi connectivity index (χ2n) is 10.0. The summed E-state index contributed by atoms with van der Waals surface area (Å²) in [5.41, 5.74) is 2.93. The summed E-state index contributed by atoms with van der Waals surface area (Å²) in [6.07, 6.45) is -2.26. The van der Waals surface area contributed by atoms with Gasteiger partial charge in [0, 0.05) is 29.4 Å². The van der Waals surface area contributed by atoms with E-state index < -0.39 is 76.0 Å². The van der Waals surface area contributed by atoms with Crippen molar-refractivity contribution in [1.29, 1.82) is 0 Å². The molecule has 196 valence electrons. The first-order chi connectivity index (χ1) is 17.8. The molecule has 2 aromatic carbocycles. The molecule has 0 bridgehead atoms. The quantitative estimate of drug-likeness (QED) is 0.259. The minimum Gasteiger partial charge on any atom is -0.508 e. The SMILES string of the molecule is CC(=O)c1ccc(-c2ccc(O)c3c2[C@H](C)[C@@H]2C(=C3O)C(=O)[C@]3(O)C(O)=C(C(N)=O)C(=O)C[C@@H]3[C@H]2O)cc1. The van der Waals surface area contributed by atoms with E-state index in [1.807, 2.05) is 0 Å². The van der Waals surface area contributed by atoms with Gasteiger partial charge in [-0.25, -0.2) is 0 Å². The normalized spacial score (nSPS) is 28.5. The molecule has 0 unspecified atom stereocenters. The van der Waals surface area contributed by atoms with Crippen LogP contribution in [0.5, 0.6) is 5.75 Å². The molecule has 0 aromatic heterocycles. The van der Waals surface area contributed by atoms with E-state index in [1.54, 1.807) is 37.3 Å².